The number of nitrogens with zero attached hydrogens (tertiary/aromatic N) is 3. The maximum atomic E-state index is 15.0. The zero-order valence-electron chi connectivity index (χ0n) is 19.2. The minimum absolute atomic E-state index is 0.0956. The third-order valence-corrected chi connectivity index (χ3v) is 5.96. The van der Waals surface area contributed by atoms with Crippen LogP contribution in [0, 0.1) is 11.6 Å². The number of nitrogens with one attached hydrogen (secondary N) is 2. The van der Waals surface area contributed by atoms with E-state index in [0.29, 0.717) is 42.0 Å². The summed E-state index contributed by atoms with van der Waals surface area (Å²) in [6, 6.07) is 1.18. The van der Waals surface area contributed by atoms with Gasteiger partial charge in [0, 0.05) is 42.1 Å². The summed E-state index contributed by atoms with van der Waals surface area (Å²) in [5, 5.41) is 22.8. The van der Waals surface area contributed by atoms with Crippen LogP contribution in [-0.4, -0.2) is 51.2 Å². The van der Waals surface area contributed by atoms with Crippen molar-refractivity contribution < 1.29 is 33.0 Å². The minimum Gasteiger partial charge on any atom is -0.494 e. The van der Waals surface area contributed by atoms with E-state index in [4.69, 9.17) is 14.6 Å². The van der Waals surface area contributed by atoms with Crippen LogP contribution in [0.1, 0.15) is 29.2 Å². The van der Waals surface area contributed by atoms with E-state index in [2.05, 4.69) is 20.6 Å². The molecule has 10 nitrogen and oxygen atoms in total. The lowest BCUT2D eigenvalue weighted by molar-refractivity contribution is -0.131. The van der Waals surface area contributed by atoms with Gasteiger partial charge in [0.2, 0.25) is 5.91 Å². The second-order valence-corrected chi connectivity index (χ2v) is 7.98. The number of benzene rings is 1. The van der Waals surface area contributed by atoms with E-state index in [-0.39, 0.29) is 17.1 Å². The van der Waals surface area contributed by atoms with Gasteiger partial charge in [-0.1, -0.05) is 0 Å². The first-order chi connectivity index (χ1) is 16.7. The summed E-state index contributed by atoms with van der Waals surface area (Å²) in [7, 11) is 4.29. The number of carbonyl (C=O) groups is 2. The molecule has 1 aliphatic rings. The first-order valence-corrected chi connectivity index (χ1v) is 10.6. The molecule has 12 heteroatoms. The van der Waals surface area contributed by atoms with E-state index in [1.165, 1.54) is 31.2 Å². The predicted octanol–water partition coefficient (Wildman–Crippen LogP) is 2.96. The zero-order chi connectivity index (χ0) is 25.3. The zero-order valence-corrected chi connectivity index (χ0v) is 19.2. The lowest BCUT2D eigenvalue weighted by Crippen LogP contribution is -2.16. The second-order valence-electron chi connectivity index (χ2n) is 7.98. The number of aromatic amines is 1. The van der Waals surface area contributed by atoms with Gasteiger partial charge < -0.3 is 19.9 Å². The fourth-order valence-corrected chi connectivity index (χ4v) is 4.34. The molecule has 3 N–H and O–H groups in total. The highest BCUT2D eigenvalue weighted by atomic mass is 19.1. The quantitative estimate of drug-likeness (QED) is 0.437. The fraction of sp³-hybridized carbons (Fsp3) is 0.304. The molecule has 0 aliphatic heterocycles. The number of aromatic nitrogens is 4. The molecule has 184 valence electrons. The molecule has 0 bridgehead atoms. The van der Waals surface area contributed by atoms with Gasteiger partial charge in [0.15, 0.2) is 23.1 Å². The smallest absolute Gasteiger partial charge is 0.328 e. The summed E-state index contributed by atoms with van der Waals surface area (Å²) in [6.45, 7) is 0. The van der Waals surface area contributed by atoms with Crippen LogP contribution in [0.4, 0.5) is 14.5 Å². The molecule has 1 unspecified atom stereocenters. The molecule has 0 spiro atoms. The number of hydrogen-bond donors (Lipinski definition) is 3. The number of fused-ring (bicyclic) bond motifs is 1. The van der Waals surface area contributed by atoms with Crippen LogP contribution in [0.15, 0.2) is 24.4 Å². The Morgan fingerprint density at radius 3 is 2.54 bits per heavy atom. The van der Waals surface area contributed by atoms with Crippen LogP contribution < -0.4 is 14.8 Å². The van der Waals surface area contributed by atoms with Crippen LogP contribution in [0.5, 0.6) is 11.5 Å². The lowest BCUT2D eigenvalue weighted by atomic mass is 9.81. The summed E-state index contributed by atoms with van der Waals surface area (Å²) in [6.07, 6.45) is 4.25. The molecular formula is C23H23F2N5O5. The van der Waals surface area contributed by atoms with Crippen LogP contribution in [-0.2, 0) is 29.5 Å². The number of carbonyl (C=O) groups excluding carboxylic acids is 1. The van der Waals surface area contributed by atoms with Crippen molar-refractivity contribution in [2.24, 2.45) is 7.05 Å². The summed E-state index contributed by atoms with van der Waals surface area (Å²) >= 11 is 0. The minimum atomic E-state index is -1.25. The van der Waals surface area contributed by atoms with Crippen molar-refractivity contribution in [1.29, 1.82) is 0 Å². The van der Waals surface area contributed by atoms with Gasteiger partial charge in [-0.05, 0) is 25.2 Å². The number of hydrogen-bond acceptors (Lipinski definition) is 6. The Kier molecular flexibility index (Phi) is 6.54. The monoisotopic (exact) mass is 487 g/mol. The number of rotatable bonds is 7. The average Bonchev–Trinajstić information content (AvgIpc) is 3.40. The summed E-state index contributed by atoms with van der Waals surface area (Å²) in [5.74, 6) is -4.07. The van der Waals surface area contributed by atoms with Crippen LogP contribution >= 0.6 is 0 Å². The third kappa shape index (κ3) is 4.46. The summed E-state index contributed by atoms with van der Waals surface area (Å²) in [5.41, 5.74) is 2.86. The Hall–Kier alpha value is -4.22. The number of ether oxygens (including phenoxy) is 2. The molecule has 0 saturated heterocycles. The number of anilines is 1. The predicted molar refractivity (Wildman–Crippen MR) is 120 cm³/mol. The highest BCUT2D eigenvalue weighted by Crippen LogP contribution is 2.42. The molecule has 2 aromatic heterocycles. The number of carboxylic acids is 1. The number of amides is 1. The first kappa shape index (κ1) is 23.9. The highest BCUT2D eigenvalue weighted by Gasteiger charge is 2.32. The average molecular weight is 487 g/mol. The van der Waals surface area contributed by atoms with E-state index < -0.39 is 29.4 Å². The number of aryl methyl sites for hydroxylation is 1. The van der Waals surface area contributed by atoms with Gasteiger partial charge in [-0.15, -0.1) is 0 Å². The number of H-pyrrole nitrogens is 1. The van der Waals surface area contributed by atoms with Crippen molar-refractivity contribution in [3.05, 3.63) is 52.9 Å². The number of methoxy groups -OCH3 is 2. The second kappa shape index (κ2) is 9.57. The van der Waals surface area contributed by atoms with Gasteiger partial charge in [-0.25, -0.2) is 13.6 Å². The normalized spacial score (nSPS) is 15.2. The standard InChI is InChI=1S/C23H23F2N5O5/c1-30-23(14(10-26-30)27-17(31)6-7-18(32)33)22-12-5-4-11(8-13(12)28-29-22)19-20(24)15(34-2)9-16(35-3)21(19)25/h6-7,9-11H,4-5,8H2,1-3H3,(H,27,31)(H,28,29)(H,32,33)/b7-6+. The van der Waals surface area contributed by atoms with Crippen molar-refractivity contribution in [3.8, 4) is 22.9 Å². The molecule has 1 amide bonds. The molecule has 35 heavy (non-hydrogen) atoms. The maximum absolute atomic E-state index is 15.0. The van der Waals surface area contributed by atoms with Gasteiger partial charge in [0.05, 0.1) is 26.1 Å². The Bertz CT molecular complexity index is 1300. The van der Waals surface area contributed by atoms with Crippen LogP contribution in [0.25, 0.3) is 11.4 Å². The van der Waals surface area contributed by atoms with Gasteiger partial charge in [0.1, 0.15) is 11.4 Å². The van der Waals surface area contributed by atoms with E-state index in [0.717, 1.165) is 17.7 Å². The van der Waals surface area contributed by atoms with Crippen molar-refractivity contribution in [1.82, 2.24) is 20.0 Å². The topological polar surface area (TPSA) is 131 Å². The van der Waals surface area contributed by atoms with E-state index in [9.17, 15) is 9.59 Å². The molecule has 0 saturated carbocycles. The van der Waals surface area contributed by atoms with Gasteiger partial charge in [-0.3, -0.25) is 14.6 Å². The third-order valence-electron chi connectivity index (χ3n) is 5.96. The summed E-state index contributed by atoms with van der Waals surface area (Å²) < 4.78 is 41.7. The van der Waals surface area contributed by atoms with Crippen LogP contribution in [0.2, 0.25) is 0 Å². The van der Waals surface area contributed by atoms with Crippen molar-refractivity contribution in [2.45, 2.75) is 25.2 Å². The molecule has 2 heterocycles. The fourth-order valence-electron chi connectivity index (χ4n) is 4.34. The molecule has 4 rings (SSSR count). The molecule has 3 aromatic rings. The number of carboxylic acid groups (broad SMARTS) is 1. The number of aliphatic carboxylic acids is 1. The molecule has 0 radical (unpaired) electrons. The Labute approximate surface area is 198 Å². The first-order valence-electron chi connectivity index (χ1n) is 10.6. The van der Waals surface area contributed by atoms with Crippen molar-refractivity contribution in [2.75, 3.05) is 19.5 Å². The SMILES string of the molecule is COc1cc(OC)c(F)c(C2CCc3c(-c4c(NC(=O)/C=C/C(=O)O)cnn4C)n[nH]c3C2)c1F. The Balaban J connectivity index is 1.66. The Morgan fingerprint density at radius 2 is 1.91 bits per heavy atom. The Morgan fingerprint density at radius 1 is 1.23 bits per heavy atom. The van der Waals surface area contributed by atoms with Gasteiger partial charge in [0.25, 0.3) is 0 Å². The molecule has 1 aliphatic carbocycles. The highest BCUT2D eigenvalue weighted by molar-refractivity contribution is 6.04. The van der Waals surface area contributed by atoms with E-state index in [1.807, 2.05) is 0 Å². The lowest BCUT2D eigenvalue weighted by Gasteiger charge is -2.25. The largest absolute Gasteiger partial charge is 0.494 e. The van der Waals surface area contributed by atoms with Crippen molar-refractivity contribution >= 4 is 17.6 Å². The van der Waals surface area contributed by atoms with E-state index >= 15 is 8.78 Å². The van der Waals surface area contributed by atoms with Gasteiger partial charge >= 0.3 is 5.97 Å². The number of halogens is 2. The molecular weight excluding hydrogens is 464 g/mol. The maximum Gasteiger partial charge on any atom is 0.328 e. The molecule has 1 atom stereocenters. The van der Waals surface area contributed by atoms with E-state index in [1.54, 1.807) is 7.05 Å². The van der Waals surface area contributed by atoms with Gasteiger partial charge in [-0.2, -0.15) is 10.2 Å². The molecule has 1 aromatic carbocycles. The molecule has 0 fully saturated rings. The summed E-state index contributed by atoms with van der Waals surface area (Å²) in [4.78, 5) is 22.7. The van der Waals surface area contributed by atoms with Crippen molar-refractivity contribution in [3.63, 3.8) is 0 Å². The van der Waals surface area contributed by atoms with Crippen LogP contribution in [0.3, 0.4) is 0 Å².